The van der Waals surface area contributed by atoms with Crippen molar-refractivity contribution in [2.24, 2.45) is 0 Å². The zero-order valence-corrected chi connectivity index (χ0v) is 21.5. The van der Waals surface area contributed by atoms with Gasteiger partial charge in [0, 0.05) is 37.7 Å². The molecule has 1 aliphatic rings. The summed E-state index contributed by atoms with van der Waals surface area (Å²) >= 11 is 6.14. The highest BCUT2D eigenvalue weighted by Crippen LogP contribution is 2.25. The van der Waals surface area contributed by atoms with Crippen LogP contribution in [0.25, 0.3) is 0 Å². The maximum absolute atomic E-state index is 13.3. The van der Waals surface area contributed by atoms with Crippen LogP contribution in [0.15, 0.2) is 78.9 Å². The third-order valence-electron chi connectivity index (χ3n) is 6.79. The number of aryl methyl sites for hydroxylation is 1. The minimum Gasteiger partial charge on any atom is -0.368 e. The van der Waals surface area contributed by atoms with Gasteiger partial charge in [-0.2, -0.15) is 0 Å². The van der Waals surface area contributed by atoms with E-state index in [1.807, 2.05) is 35.2 Å². The highest BCUT2D eigenvalue weighted by atomic mass is 35.5. The fraction of sp³-hybridized carbons (Fsp3) is 0.367. The van der Waals surface area contributed by atoms with Crippen LogP contribution in [0.3, 0.4) is 0 Å². The first-order valence-corrected chi connectivity index (χ1v) is 12.9. The van der Waals surface area contributed by atoms with Gasteiger partial charge >= 0.3 is 0 Å². The maximum atomic E-state index is 13.3. The number of amides is 1. The molecular weight excluding hydrogens is 456 g/mol. The zero-order valence-electron chi connectivity index (χ0n) is 20.7. The van der Waals surface area contributed by atoms with Crippen molar-refractivity contribution < 1.29 is 9.53 Å². The summed E-state index contributed by atoms with van der Waals surface area (Å²) in [4.78, 5) is 17.7. The van der Waals surface area contributed by atoms with Crippen LogP contribution in [0.4, 0.5) is 0 Å². The number of halogens is 1. The molecule has 35 heavy (non-hydrogen) atoms. The van der Waals surface area contributed by atoms with E-state index < -0.39 is 0 Å². The standard InChI is InChI=1S/C30H35ClN2O2/c1-3-28(25-10-5-4-6-11-25)30(34)33-18-16-32(17-19-33)21-29(26-12-14-27(31)15-13-26)35-22-24-9-7-8-23(2)20-24/h4-15,20,28-29H,3,16-19,21-22H2,1-2H3/t28-,29-/m1/s1. The molecule has 4 nitrogen and oxygen atoms in total. The second kappa shape index (κ2) is 12.3. The van der Waals surface area contributed by atoms with Gasteiger partial charge in [-0.15, -0.1) is 0 Å². The molecule has 0 bridgehead atoms. The number of piperazine rings is 1. The van der Waals surface area contributed by atoms with E-state index in [4.69, 9.17) is 16.3 Å². The van der Waals surface area contributed by atoms with Gasteiger partial charge in [0.2, 0.25) is 5.91 Å². The maximum Gasteiger partial charge on any atom is 0.230 e. The molecule has 1 saturated heterocycles. The molecular formula is C30H35ClN2O2. The third kappa shape index (κ3) is 6.94. The van der Waals surface area contributed by atoms with Crippen LogP contribution in [0.1, 0.15) is 47.6 Å². The molecule has 0 N–H and O–H groups in total. The molecule has 0 radical (unpaired) electrons. The van der Waals surface area contributed by atoms with Crippen molar-refractivity contribution in [3.63, 3.8) is 0 Å². The van der Waals surface area contributed by atoms with Crippen molar-refractivity contribution >= 4 is 17.5 Å². The fourth-order valence-corrected chi connectivity index (χ4v) is 4.90. The van der Waals surface area contributed by atoms with Crippen molar-refractivity contribution in [3.8, 4) is 0 Å². The van der Waals surface area contributed by atoms with Gasteiger partial charge in [0.25, 0.3) is 0 Å². The van der Waals surface area contributed by atoms with Gasteiger partial charge in [0.1, 0.15) is 0 Å². The molecule has 3 aromatic rings. The number of nitrogens with zero attached hydrogens (tertiary/aromatic N) is 2. The number of carbonyl (C=O) groups is 1. The van der Waals surface area contributed by atoms with Crippen molar-refractivity contribution in [1.82, 2.24) is 9.80 Å². The first-order chi connectivity index (χ1) is 17.0. The Kier molecular flexibility index (Phi) is 8.97. The number of hydrogen-bond donors (Lipinski definition) is 0. The van der Waals surface area contributed by atoms with Crippen molar-refractivity contribution in [2.75, 3.05) is 32.7 Å². The van der Waals surface area contributed by atoms with E-state index >= 15 is 0 Å². The van der Waals surface area contributed by atoms with Gasteiger partial charge in [0.15, 0.2) is 0 Å². The summed E-state index contributed by atoms with van der Waals surface area (Å²) < 4.78 is 6.43. The first kappa shape index (κ1) is 25.4. The Hall–Kier alpha value is -2.66. The van der Waals surface area contributed by atoms with Crippen molar-refractivity contribution in [3.05, 3.63) is 106 Å². The average molecular weight is 491 g/mol. The number of hydrogen-bond acceptors (Lipinski definition) is 3. The Morgan fingerprint density at radius 2 is 1.63 bits per heavy atom. The Bertz CT molecular complexity index is 1080. The lowest BCUT2D eigenvalue weighted by Crippen LogP contribution is -2.50. The van der Waals surface area contributed by atoms with E-state index in [0.717, 1.165) is 55.3 Å². The smallest absolute Gasteiger partial charge is 0.230 e. The van der Waals surface area contributed by atoms with E-state index in [-0.39, 0.29) is 17.9 Å². The number of benzene rings is 3. The summed E-state index contributed by atoms with van der Waals surface area (Å²) in [6.45, 7) is 8.70. The lowest BCUT2D eigenvalue weighted by molar-refractivity contribution is -0.135. The SMILES string of the molecule is CC[C@@H](C(=O)N1CCN(C[C@@H](OCc2cccc(C)c2)c2ccc(Cl)cc2)CC1)c1ccccc1. The molecule has 1 amide bonds. The predicted molar refractivity (Wildman–Crippen MR) is 143 cm³/mol. The van der Waals surface area contributed by atoms with Gasteiger partial charge in [-0.1, -0.05) is 90.8 Å². The first-order valence-electron chi connectivity index (χ1n) is 12.5. The fourth-order valence-electron chi connectivity index (χ4n) is 4.77. The molecule has 184 valence electrons. The van der Waals surface area contributed by atoms with Crippen LogP contribution < -0.4 is 0 Å². The summed E-state index contributed by atoms with van der Waals surface area (Å²) in [5.41, 5.74) is 4.63. The normalized spacial score (nSPS) is 16.1. The molecule has 0 unspecified atom stereocenters. The molecule has 0 aliphatic carbocycles. The molecule has 5 heteroatoms. The van der Waals surface area contributed by atoms with E-state index in [2.05, 4.69) is 67.3 Å². The van der Waals surface area contributed by atoms with Gasteiger partial charge in [-0.25, -0.2) is 0 Å². The Morgan fingerprint density at radius 1 is 0.914 bits per heavy atom. The quantitative estimate of drug-likeness (QED) is 0.355. The van der Waals surface area contributed by atoms with Crippen LogP contribution in [0.5, 0.6) is 0 Å². The number of rotatable bonds is 9. The molecule has 0 aromatic heterocycles. The molecule has 1 aliphatic heterocycles. The molecule has 2 atom stereocenters. The summed E-state index contributed by atoms with van der Waals surface area (Å²) in [6, 6.07) is 26.5. The average Bonchev–Trinajstić information content (AvgIpc) is 2.88. The lowest BCUT2D eigenvalue weighted by atomic mass is 9.95. The van der Waals surface area contributed by atoms with Crippen LogP contribution >= 0.6 is 11.6 Å². The van der Waals surface area contributed by atoms with Gasteiger partial charge in [-0.05, 0) is 42.2 Å². The molecule has 0 spiro atoms. The third-order valence-corrected chi connectivity index (χ3v) is 7.04. The highest BCUT2D eigenvalue weighted by Gasteiger charge is 2.28. The Morgan fingerprint density at radius 3 is 2.29 bits per heavy atom. The van der Waals surface area contributed by atoms with E-state index in [1.54, 1.807) is 0 Å². The minimum atomic E-state index is -0.0674. The van der Waals surface area contributed by atoms with Crippen molar-refractivity contribution in [1.29, 1.82) is 0 Å². The number of carbonyl (C=O) groups excluding carboxylic acids is 1. The van der Waals surface area contributed by atoms with Crippen LogP contribution in [0, 0.1) is 6.92 Å². The molecule has 3 aromatic carbocycles. The lowest BCUT2D eigenvalue weighted by Gasteiger charge is -2.38. The topological polar surface area (TPSA) is 32.8 Å². The van der Waals surface area contributed by atoms with Crippen molar-refractivity contribution in [2.45, 2.75) is 38.9 Å². The second-order valence-electron chi connectivity index (χ2n) is 9.34. The molecule has 0 saturated carbocycles. The predicted octanol–water partition coefficient (Wildman–Crippen LogP) is 6.24. The second-order valence-corrected chi connectivity index (χ2v) is 9.77. The van der Waals surface area contributed by atoms with Crippen LogP contribution in [-0.4, -0.2) is 48.4 Å². The van der Waals surface area contributed by atoms with E-state index in [0.29, 0.717) is 6.61 Å². The molecule has 1 fully saturated rings. The molecule has 1 heterocycles. The summed E-state index contributed by atoms with van der Waals surface area (Å²) in [5, 5.41) is 0.724. The van der Waals surface area contributed by atoms with Crippen LogP contribution in [-0.2, 0) is 16.1 Å². The van der Waals surface area contributed by atoms with Gasteiger partial charge < -0.3 is 9.64 Å². The van der Waals surface area contributed by atoms with Gasteiger partial charge in [-0.3, -0.25) is 9.69 Å². The van der Waals surface area contributed by atoms with E-state index in [1.165, 1.54) is 11.1 Å². The monoisotopic (exact) mass is 490 g/mol. The molecule has 4 rings (SSSR count). The minimum absolute atomic E-state index is 0.0669. The largest absolute Gasteiger partial charge is 0.368 e. The highest BCUT2D eigenvalue weighted by molar-refractivity contribution is 6.30. The Labute approximate surface area is 214 Å². The summed E-state index contributed by atoms with van der Waals surface area (Å²) in [6.07, 6.45) is 0.747. The summed E-state index contributed by atoms with van der Waals surface area (Å²) in [5.74, 6) is 0.172. The Balaban J connectivity index is 1.38. The van der Waals surface area contributed by atoms with Crippen LogP contribution in [0.2, 0.25) is 5.02 Å². The number of ether oxygens (including phenoxy) is 1. The summed E-state index contributed by atoms with van der Waals surface area (Å²) in [7, 11) is 0. The van der Waals surface area contributed by atoms with Gasteiger partial charge in [0.05, 0.1) is 18.6 Å². The van der Waals surface area contributed by atoms with E-state index in [9.17, 15) is 4.79 Å². The zero-order chi connectivity index (χ0) is 24.6.